The van der Waals surface area contributed by atoms with Crippen molar-refractivity contribution in [1.82, 2.24) is 4.98 Å². The van der Waals surface area contributed by atoms with E-state index in [1.54, 1.807) is 11.3 Å². The Labute approximate surface area is 115 Å². The Morgan fingerprint density at radius 2 is 2.32 bits per heavy atom. The third-order valence-corrected chi connectivity index (χ3v) is 4.11. The predicted molar refractivity (Wildman–Crippen MR) is 74.3 cm³/mol. The number of fused-ring (bicyclic) bond motifs is 1. The van der Waals surface area contributed by atoms with Gasteiger partial charge in [-0.25, -0.2) is 4.98 Å². The molecule has 1 aromatic carbocycles. The summed E-state index contributed by atoms with van der Waals surface area (Å²) in [7, 11) is 0. The van der Waals surface area contributed by atoms with E-state index in [4.69, 9.17) is 9.94 Å². The number of benzene rings is 1. The lowest BCUT2D eigenvalue weighted by atomic mass is 10.1. The van der Waals surface area contributed by atoms with Crippen LogP contribution in [0.25, 0.3) is 0 Å². The highest BCUT2D eigenvalue weighted by Gasteiger charge is 2.18. The molecule has 1 heterocycles. The van der Waals surface area contributed by atoms with Crippen molar-refractivity contribution in [3.63, 3.8) is 0 Å². The molecule has 1 aliphatic carbocycles. The van der Waals surface area contributed by atoms with E-state index in [1.165, 1.54) is 5.56 Å². The van der Waals surface area contributed by atoms with Gasteiger partial charge < -0.3 is 9.94 Å². The molecule has 5 heteroatoms. The van der Waals surface area contributed by atoms with E-state index in [2.05, 4.69) is 10.1 Å². The maximum absolute atomic E-state index is 8.89. The molecule has 0 unspecified atom stereocenters. The zero-order valence-corrected chi connectivity index (χ0v) is 11.4. The molecule has 0 radical (unpaired) electrons. The normalized spacial score (nSPS) is 15.7. The van der Waals surface area contributed by atoms with Crippen LogP contribution in [-0.4, -0.2) is 15.9 Å². The zero-order chi connectivity index (χ0) is 13.2. The van der Waals surface area contributed by atoms with Crippen molar-refractivity contribution in [2.24, 2.45) is 5.16 Å². The minimum absolute atomic E-state index is 0.498. The number of hydrogen-bond donors (Lipinski definition) is 1. The predicted octanol–water partition coefficient (Wildman–Crippen LogP) is 3.16. The second-order valence-corrected chi connectivity index (χ2v) is 5.48. The summed E-state index contributed by atoms with van der Waals surface area (Å²) >= 11 is 1.61. The SMILES string of the molecule is Cc1csc(COc2ccc3c(c2)CC/C3=N\O)n1. The summed E-state index contributed by atoms with van der Waals surface area (Å²) in [4.78, 5) is 4.36. The fourth-order valence-corrected chi connectivity index (χ4v) is 2.94. The van der Waals surface area contributed by atoms with E-state index in [1.807, 2.05) is 30.5 Å². The number of aromatic nitrogens is 1. The molecule has 98 valence electrons. The molecular weight excluding hydrogens is 260 g/mol. The van der Waals surface area contributed by atoms with Gasteiger partial charge >= 0.3 is 0 Å². The van der Waals surface area contributed by atoms with Gasteiger partial charge in [-0.05, 0) is 43.5 Å². The molecule has 0 amide bonds. The Hall–Kier alpha value is -1.88. The fraction of sp³-hybridized carbons (Fsp3) is 0.286. The van der Waals surface area contributed by atoms with Crippen molar-refractivity contribution in [1.29, 1.82) is 0 Å². The van der Waals surface area contributed by atoms with Crippen LogP contribution in [0.1, 0.15) is 28.2 Å². The number of ether oxygens (including phenoxy) is 1. The number of thiazole rings is 1. The Morgan fingerprint density at radius 3 is 3.05 bits per heavy atom. The molecule has 2 aromatic rings. The summed E-state index contributed by atoms with van der Waals surface area (Å²) in [6, 6.07) is 5.89. The summed E-state index contributed by atoms with van der Waals surface area (Å²) in [6.07, 6.45) is 1.70. The second-order valence-electron chi connectivity index (χ2n) is 4.54. The molecule has 0 fully saturated rings. The molecule has 0 atom stereocenters. The average molecular weight is 274 g/mol. The van der Waals surface area contributed by atoms with Crippen LogP contribution >= 0.6 is 11.3 Å². The third kappa shape index (κ3) is 2.46. The van der Waals surface area contributed by atoms with E-state index >= 15 is 0 Å². The summed E-state index contributed by atoms with van der Waals surface area (Å²) < 4.78 is 5.75. The lowest BCUT2D eigenvalue weighted by Crippen LogP contribution is -1.97. The summed E-state index contributed by atoms with van der Waals surface area (Å²) in [6.45, 7) is 2.48. The van der Waals surface area contributed by atoms with Gasteiger partial charge in [0.25, 0.3) is 0 Å². The van der Waals surface area contributed by atoms with Crippen molar-refractivity contribution in [2.75, 3.05) is 0 Å². The van der Waals surface area contributed by atoms with Gasteiger partial charge in [-0.2, -0.15) is 0 Å². The molecule has 1 aliphatic rings. The van der Waals surface area contributed by atoms with Gasteiger partial charge in [0.1, 0.15) is 17.4 Å². The molecule has 1 aromatic heterocycles. The van der Waals surface area contributed by atoms with Gasteiger partial charge in [-0.3, -0.25) is 0 Å². The molecule has 1 N–H and O–H groups in total. The first kappa shape index (κ1) is 12.2. The number of rotatable bonds is 3. The number of oxime groups is 1. The lowest BCUT2D eigenvalue weighted by Gasteiger charge is -2.06. The number of nitrogens with zero attached hydrogens (tertiary/aromatic N) is 2. The Kier molecular flexibility index (Phi) is 3.21. The van der Waals surface area contributed by atoms with Crippen molar-refractivity contribution in [2.45, 2.75) is 26.4 Å². The number of aryl methyl sites for hydroxylation is 2. The second kappa shape index (κ2) is 5.01. The maximum atomic E-state index is 8.89. The highest BCUT2D eigenvalue weighted by atomic mass is 32.1. The molecule has 19 heavy (non-hydrogen) atoms. The molecule has 3 rings (SSSR count). The van der Waals surface area contributed by atoms with E-state index in [0.717, 1.165) is 40.6 Å². The van der Waals surface area contributed by atoms with Crippen LogP contribution in [0.15, 0.2) is 28.7 Å². The van der Waals surface area contributed by atoms with Crippen LogP contribution in [0, 0.1) is 6.92 Å². The third-order valence-electron chi connectivity index (χ3n) is 3.17. The fourth-order valence-electron chi connectivity index (χ4n) is 2.25. The van der Waals surface area contributed by atoms with Gasteiger partial charge in [0, 0.05) is 16.6 Å². The van der Waals surface area contributed by atoms with Crippen LogP contribution in [-0.2, 0) is 13.0 Å². The number of hydrogen-bond acceptors (Lipinski definition) is 5. The van der Waals surface area contributed by atoms with E-state index < -0.39 is 0 Å². The standard InChI is InChI=1S/C14H14N2O2S/c1-9-8-19-14(15-9)7-18-11-3-4-12-10(6-11)2-5-13(12)16-17/h3-4,6,8,17H,2,5,7H2,1H3/b16-13+. The van der Waals surface area contributed by atoms with Gasteiger partial charge in [0.05, 0.1) is 5.71 Å². The van der Waals surface area contributed by atoms with Gasteiger partial charge in [-0.15, -0.1) is 11.3 Å². The van der Waals surface area contributed by atoms with E-state index in [-0.39, 0.29) is 0 Å². The topological polar surface area (TPSA) is 54.7 Å². The first-order valence-corrected chi connectivity index (χ1v) is 7.02. The van der Waals surface area contributed by atoms with Crippen LogP contribution in [0.2, 0.25) is 0 Å². The van der Waals surface area contributed by atoms with E-state index in [0.29, 0.717) is 6.61 Å². The molecule has 4 nitrogen and oxygen atoms in total. The van der Waals surface area contributed by atoms with Crippen molar-refractivity contribution >= 4 is 17.0 Å². The highest BCUT2D eigenvalue weighted by molar-refractivity contribution is 7.09. The van der Waals surface area contributed by atoms with Crippen LogP contribution in [0.4, 0.5) is 0 Å². The Balaban J connectivity index is 1.73. The van der Waals surface area contributed by atoms with Crippen molar-refractivity contribution < 1.29 is 9.94 Å². The van der Waals surface area contributed by atoms with Crippen LogP contribution < -0.4 is 4.74 Å². The molecule has 0 saturated carbocycles. The molecule has 0 saturated heterocycles. The Morgan fingerprint density at radius 1 is 1.42 bits per heavy atom. The van der Waals surface area contributed by atoms with Gasteiger partial charge in [0.15, 0.2) is 0 Å². The Bertz CT molecular complexity index is 634. The molecule has 0 aliphatic heterocycles. The van der Waals surface area contributed by atoms with Crippen molar-refractivity contribution in [3.05, 3.63) is 45.4 Å². The smallest absolute Gasteiger partial charge is 0.140 e. The average Bonchev–Trinajstić information content (AvgIpc) is 3.01. The quantitative estimate of drug-likeness (QED) is 0.691. The van der Waals surface area contributed by atoms with Crippen LogP contribution in [0.5, 0.6) is 5.75 Å². The largest absolute Gasteiger partial charge is 0.486 e. The molecule has 0 bridgehead atoms. The first-order chi connectivity index (χ1) is 9.26. The zero-order valence-electron chi connectivity index (χ0n) is 10.6. The monoisotopic (exact) mass is 274 g/mol. The lowest BCUT2D eigenvalue weighted by molar-refractivity contribution is 0.305. The molecular formula is C14H14N2O2S. The van der Waals surface area contributed by atoms with Gasteiger partial charge in [-0.1, -0.05) is 5.16 Å². The summed E-state index contributed by atoms with van der Waals surface area (Å²) in [5.41, 5.74) is 4.00. The van der Waals surface area contributed by atoms with E-state index in [9.17, 15) is 0 Å². The minimum Gasteiger partial charge on any atom is -0.486 e. The van der Waals surface area contributed by atoms with Crippen molar-refractivity contribution in [3.8, 4) is 5.75 Å². The summed E-state index contributed by atoms with van der Waals surface area (Å²) in [5.74, 6) is 0.839. The molecule has 0 spiro atoms. The van der Waals surface area contributed by atoms with Crippen LogP contribution in [0.3, 0.4) is 0 Å². The summed E-state index contributed by atoms with van der Waals surface area (Å²) in [5, 5.41) is 15.2. The minimum atomic E-state index is 0.498. The highest BCUT2D eigenvalue weighted by Crippen LogP contribution is 2.27. The maximum Gasteiger partial charge on any atom is 0.140 e. The first-order valence-electron chi connectivity index (χ1n) is 6.14. The van der Waals surface area contributed by atoms with Gasteiger partial charge in [0.2, 0.25) is 0 Å².